The van der Waals surface area contributed by atoms with Gasteiger partial charge in [-0.05, 0) is 46.5 Å². The first-order valence-electron chi connectivity index (χ1n) is 6.62. The van der Waals surface area contributed by atoms with Crippen molar-refractivity contribution in [1.29, 1.82) is 0 Å². The van der Waals surface area contributed by atoms with E-state index < -0.39 is 17.8 Å². The van der Waals surface area contributed by atoms with Crippen molar-refractivity contribution in [2.45, 2.75) is 18.9 Å². The zero-order valence-electron chi connectivity index (χ0n) is 11.4. The number of carbonyl (C=O) groups is 1. The van der Waals surface area contributed by atoms with E-state index in [2.05, 4.69) is 21.2 Å². The van der Waals surface area contributed by atoms with Crippen LogP contribution in [0.25, 0.3) is 0 Å². The molecule has 5 heteroatoms. The van der Waals surface area contributed by atoms with Crippen LogP contribution in [0.15, 0.2) is 53.0 Å². The summed E-state index contributed by atoms with van der Waals surface area (Å²) in [5.41, 5.74) is 7.10. The minimum absolute atomic E-state index is 0.123. The van der Waals surface area contributed by atoms with Gasteiger partial charge in [0, 0.05) is 4.47 Å². The maximum absolute atomic E-state index is 13.6. The molecule has 0 aliphatic rings. The fourth-order valence-corrected chi connectivity index (χ4v) is 2.37. The molecule has 0 saturated heterocycles. The summed E-state index contributed by atoms with van der Waals surface area (Å²) >= 11 is 3.20. The molecule has 0 aliphatic heterocycles. The Morgan fingerprint density at radius 3 is 2.57 bits per heavy atom. The maximum atomic E-state index is 13.6. The van der Waals surface area contributed by atoms with Crippen LogP contribution in [0.5, 0.6) is 0 Å². The molecule has 0 radical (unpaired) electrons. The number of nitrogens with two attached hydrogens (primary N) is 1. The minimum Gasteiger partial charge on any atom is -0.321 e. The number of halogens is 2. The lowest BCUT2D eigenvalue weighted by atomic mass is 10.1. The van der Waals surface area contributed by atoms with Crippen molar-refractivity contribution in [3.05, 3.63) is 64.4 Å². The highest BCUT2D eigenvalue weighted by atomic mass is 79.9. The second-order valence-electron chi connectivity index (χ2n) is 4.72. The monoisotopic (exact) mass is 350 g/mol. The van der Waals surface area contributed by atoms with Gasteiger partial charge in [0.2, 0.25) is 5.91 Å². The number of rotatable bonds is 5. The molecule has 3 nitrogen and oxygen atoms in total. The molecule has 0 aromatic heterocycles. The lowest BCUT2D eigenvalue weighted by Gasteiger charge is -2.13. The largest absolute Gasteiger partial charge is 0.321 e. The maximum Gasteiger partial charge on any atom is 0.241 e. The Labute approximate surface area is 131 Å². The Morgan fingerprint density at radius 1 is 1.19 bits per heavy atom. The second-order valence-corrected chi connectivity index (χ2v) is 5.57. The van der Waals surface area contributed by atoms with Gasteiger partial charge in [0.15, 0.2) is 0 Å². The van der Waals surface area contributed by atoms with Gasteiger partial charge in [-0.15, -0.1) is 0 Å². The zero-order chi connectivity index (χ0) is 15.2. The SMILES string of the molecule is NC(CCc1ccccc1)C(=O)Nc1c(F)cccc1Br. The molecule has 21 heavy (non-hydrogen) atoms. The average molecular weight is 351 g/mol. The van der Waals surface area contributed by atoms with Gasteiger partial charge in [0.05, 0.1) is 11.7 Å². The Morgan fingerprint density at radius 2 is 1.90 bits per heavy atom. The highest BCUT2D eigenvalue weighted by Crippen LogP contribution is 2.25. The van der Waals surface area contributed by atoms with E-state index >= 15 is 0 Å². The molecule has 0 fully saturated rings. The molecular formula is C16H16BrFN2O. The number of benzene rings is 2. The van der Waals surface area contributed by atoms with Crippen LogP contribution in [-0.2, 0) is 11.2 Å². The molecule has 3 N–H and O–H groups in total. The quantitative estimate of drug-likeness (QED) is 0.867. The van der Waals surface area contributed by atoms with Gasteiger partial charge in [-0.25, -0.2) is 4.39 Å². The molecular weight excluding hydrogens is 335 g/mol. The van der Waals surface area contributed by atoms with Crippen molar-refractivity contribution >= 4 is 27.5 Å². The molecule has 2 aromatic rings. The topological polar surface area (TPSA) is 55.1 Å². The van der Waals surface area contributed by atoms with Crippen LogP contribution < -0.4 is 11.1 Å². The third-order valence-electron chi connectivity index (χ3n) is 3.13. The van der Waals surface area contributed by atoms with Gasteiger partial charge < -0.3 is 11.1 Å². The molecule has 1 atom stereocenters. The van der Waals surface area contributed by atoms with E-state index in [1.54, 1.807) is 12.1 Å². The lowest BCUT2D eigenvalue weighted by molar-refractivity contribution is -0.117. The summed E-state index contributed by atoms with van der Waals surface area (Å²) in [5, 5.41) is 2.53. The Bertz CT molecular complexity index is 599. The third kappa shape index (κ3) is 4.37. The standard InChI is InChI=1S/C16H16BrFN2O/c17-12-7-4-8-13(18)15(12)20-16(21)14(19)10-9-11-5-2-1-3-6-11/h1-8,14H,9-10,19H2,(H,20,21). The molecule has 0 spiro atoms. The van der Waals surface area contributed by atoms with Gasteiger partial charge in [0.1, 0.15) is 5.82 Å². The van der Waals surface area contributed by atoms with E-state index in [1.165, 1.54) is 6.07 Å². The van der Waals surface area contributed by atoms with Gasteiger partial charge in [0.25, 0.3) is 0 Å². The molecule has 0 heterocycles. The molecule has 0 bridgehead atoms. The van der Waals surface area contributed by atoms with Gasteiger partial charge in [-0.2, -0.15) is 0 Å². The first-order valence-corrected chi connectivity index (χ1v) is 7.41. The highest BCUT2D eigenvalue weighted by molar-refractivity contribution is 9.10. The fraction of sp³-hybridized carbons (Fsp3) is 0.188. The summed E-state index contributed by atoms with van der Waals surface area (Å²) in [6.45, 7) is 0. The van der Waals surface area contributed by atoms with Crippen LogP contribution in [-0.4, -0.2) is 11.9 Å². The molecule has 1 unspecified atom stereocenters. The summed E-state index contributed by atoms with van der Waals surface area (Å²) in [7, 11) is 0. The summed E-state index contributed by atoms with van der Waals surface area (Å²) in [4.78, 5) is 12.0. The first kappa shape index (κ1) is 15.7. The van der Waals surface area contributed by atoms with Gasteiger partial charge in [-0.1, -0.05) is 36.4 Å². The van der Waals surface area contributed by atoms with Crippen molar-refractivity contribution in [3.8, 4) is 0 Å². The summed E-state index contributed by atoms with van der Waals surface area (Å²) in [5.74, 6) is -0.885. The predicted molar refractivity (Wildman–Crippen MR) is 85.5 cm³/mol. The lowest BCUT2D eigenvalue weighted by Crippen LogP contribution is -2.36. The Hall–Kier alpha value is -1.72. The van der Waals surface area contributed by atoms with E-state index in [-0.39, 0.29) is 5.69 Å². The Balaban J connectivity index is 1.94. The van der Waals surface area contributed by atoms with E-state index in [4.69, 9.17) is 5.73 Å². The number of carbonyl (C=O) groups excluding carboxylic acids is 1. The van der Waals surface area contributed by atoms with E-state index in [9.17, 15) is 9.18 Å². The van der Waals surface area contributed by atoms with Gasteiger partial charge in [-0.3, -0.25) is 4.79 Å². The smallest absolute Gasteiger partial charge is 0.241 e. The number of aryl methyl sites for hydroxylation is 1. The number of hydrogen-bond acceptors (Lipinski definition) is 2. The van der Waals surface area contributed by atoms with Crippen LogP contribution in [0.3, 0.4) is 0 Å². The fourth-order valence-electron chi connectivity index (χ4n) is 1.93. The molecule has 110 valence electrons. The van der Waals surface area contributed by atoms with Crippen molar-refractivity contribution in [2.75, 3.05) is 5.32 Å². The first-order chi connectivity index (χ1) is 10.1. The highest BCUT2D eigenvalue weighted by Gasteiger charge is 2.16. The van der Waals surface area contributed by atoms with Crippen LogP contribution in [0.2, 0.25) is 0 Å². The van der Waals surface area contributed by atoms with Crippen molar-refractivity contribution in [2.24, 2.45) is 5.73 Å². The van der Waals surface area contributed by atoms with Crippen LogP contribution >= 0.6 is 15.9 Å². The number of hydrogen-bond donors (Lipinski definition) is 2. The van der Waals surface area contributed by atoms with Crippen molar-refractivity contribution in [3.63, 3.8) is 0 Å². The third-order valence-corrected chi connectivity index (χ3v) is 3.80. The number of para-hydroxylation sites is 1. The number of nitrogens with one attached hydrogen (secondary N) is 1. The van der Waals surface area contributed by atoms with E-state index in [1.807, 2.05) is 30.3 Å². The molecule has 2 aromatic carbocycles. The minimum atomic E-state index is -0.684. The molecule has 0 saturated carbocycles. The average Bonchev–Trinajstić information content (AvgIpc) is 2.49. The van der Waals surface area contributed by atoms with E-state index in [0.717, 1.165) is 5.56 Å². The summed E-state index contributed by atoms with van der Waals surface area (Å²) < 4.78 is 14.1. The van der Waals surface area contributed by atoms with E-state index in [0.29, 0.717) is 17.3 Å². The van der Waals surface area contributed by atoms with Crippen LogP contribution in [0.1, 0.15) is 12.0 Å². The zero-order valence-corrected chi connectivity index (χ0v) is 12.9. The van der Waals surface area contributed by atoms with Crippen molar-refractivity contribution < 1.29 is 9.18 Å². The summed E-state index contributed by atoms with van der Waals surface area (Å²) in [6, 6.07) is 13.6. The normalized spacial score (nSPS) is 12.0. The molecule has 2 rings (SSSR count). The van der Waals surface area contributed by atoms with Crippen LogP contribution in [0.4, 0.5) is 10.1 Å². The number of amides is 1. The van der Waals surface area contributed by atoms with Crippen LogP contribution in [0, 0.1) is 5.82 Å². The molecule has 0 aliphatic carbocycles. The Kier molecular flexibility index (Phi) is 5.47. The summed E-state index contributed by atoms with van der Waals surface area (Å²) in [6.07, 6.45) is 1.20. The van der Waals surface area contributed by atoms with Gasteiger partial charge >= 0.3 is 0 Å². The second kappa shape index (κ2) is 7.33. The molecule has 1 amide bonds. The number of anilines is 1. The predicted octanol–water partition coefficient (Wildman–Crippen LogP) is 3.49. The van der Waals surface area contributed by atoms with Crippen molar-refractivity contribution in [1.82, 2.24) is 0 Å².